The van der Waals surface area contributed by atoms with Crippen LogP contribution in [0.4, 0.5) is 0 Å². The number of likely N-dealkylation sites (N-methyl/N-ethyl adjacent to an activating group) is 1. The van der Waals surface area contributed by atoms with Gasteiger partial charge in [-0.25, -0.2) is 0 Å². The maximum absolute atomic E-state index is 10.6. The van der Waals surface area contributed by atoms with E-state index in [1.54, 1.807) is 14.2 Å². The molecule has 0 aliphatic rings. The van der Waals surface area contributed by atoms with Crippen LogP contribution in [0, 0.1) is 0 Å². The summed E-state index contributed by atoms with van der Waals surface area (Å²) in [6, 6.07) is 5.44. The molecule has 0 amide bonds. The summed E-state index contributed by atoms with van der Waals surface area (Å²) in [5, 5.41) is 10.6. The van der Waals surface area contributed by atoms with E-state index in [4.69, 9.17) is 9.47 Å². The minimum atomic E-state index is -0.669. The van der Waals surface area contributed by atoms with Gasteiger partial charge in [-0.3, -0.25) is 0 Å². The van der Waals surface area contributed by atoms with Crippen LogP contribution in [0.15, 0.2) is 18.2 Å². The average Bonchev–Trinajstić information content (AvgIpc) is 2.36. The van der Waals surface area contributed by atoms with Crippen LogP contribution in [0.3, 0.4) is 0 Å². The molecule has 4 heteroatoms. The van der Waals surface area contributed by atoms with Crippen LogP contribution >= 0.6 is 0 Å². The Morgan fingerprint density at radius 2 is 1.78 bits per heavy atom. The van der Waals surface area contributed by atoms with Gasteiger partial charge in [0.1, 0.15) is 17.6 Å². The second kappa shape index (κ2) is 5.59. The van der Waals surface area contributed by atoms with E-state index in [0.29, 0.717) is 11.5 Å². The number of nitrogens with zero attached hydrogens (tertiary/aromatic N) is 1. The minimum Gasteiger partial charge on any atom is -0.497 e. The molecule has 1 rings (SSSR count). The van der Waals surface area contributed by atoms with E-state index in [2.05, 4.69) is 0 Å². The van der Waals surface area contributed by atoms with Crippen molar-refractivity contribution in [2.75, 3.05) is 28.3 Å². The number of hydrogen-bond donors (Lipinski definition) is 1. The van der Waals surface area contributed by atoms with Gasteiger partial charge in [-0.05, 0) is 46.1 Å². The first-order chi connectivity index (χ1) is 8.34. The summed E-state index contributed by atoms with van der Waals surface area (Å²) in [6.45, 7) is 3.97. The van der Waals surface area contributed by atoms with Gasteiger partial charge in [-0.15, -0.1) is 0 Å². The van der Waals surface area contributed by atoms with Gasteiger partial charge in [0.25, 0.3) is 0 Å². The van der Waals surface area contributed by atoms with Crippen molar-refractivity contribution in [1.29, 1.82) is 0 Å². The Bertz CT molecular complexity index is 402. The van der Waals surface area contributed by atoms with Crippen molar-refractivity contribution in [2.24, 2.45) is 0 Å². The Labute approximate surface area is 109 Å². The fourth-order valence-electron chi connectivity index (χ4n) is 1.68. The molecule has 1 aromatic rings. The smallest absolute Gasteiger partial charge is 0.125 e. The first-order valence-electron chi connectivity index (χ1n) is 5.92. The molecular formula is C14H23NO3. The van der Waals surface area contributed by atoms with Gasteiger partial charge < -0.3 is 19.5 Å². The summed E-state index contributed by atoms with van der Waals surface area (Å²) in [4.78, 5) is 1.98. The Balaban J connectivity index is 3.21. The first kappa shape index (κ1) is 14.8. The lowest BCUT2D eigenvalue weighted by atomic mass is 9.89. The molecule has 0 saturated heterocycles. The number of hydrogen-bond acceptors (Lipinski definition) is 4. The lowest BCUT2D eigenvalue weighted by Crippen LogP contribution is -2.43. The SMILES string of the molecule is COc1ccc(OC)c(C(O)C(C)(C)N(C)C)c1. The molecule has 1 unspecified atom stereocenters. The molecule has 0 radical (unpaired) electrons. The Morgan fingerprint density at radius 1 is 1.17 bits per heavy atom. The normalized spacial score (nSPS) is 13.6. The van der Waals surface area contributed by atoms with Crippen molar-refractivity contribution in [3.63, 3.8) is 0 Å². The Morgan fingerprint density at radius 3 is 2.22 bits per heavy atom. The molecule has 0 aliphatic heterocycles. The number of aliphatic hydroxyl groups excluding tert-OH is 1. The van der Waals surface area contributed by atoms with E-state index in [0.717, 1.165) is 5.56 Å². The summed E-state index contributed by atoms with van der Waals surface area (Å²) in [5.74, 6) is 1.37. The largest absolute Gasteiger partial charge is 0.497 e. The highest BCUT2D eigenvalue weighted by Gasteiger charge is 2.33. The molecule has 0 saturated carbocycles. The van der Waals surface area contributed by atoms with E-state index < -0.39 is 11.6 Å². The molecule has 1 atom stereocenters. The van der Waals surface area contributed by atoms with Crippen molar-refractivity contribution in [3.8, 4) is 11.5 Å². The van der Waals surface area contributed by atoms with Crippen LogP contribution in [0.25, 0.3) is 0 Å². The highest BCUT2D eigenvalue weighted by Crippen LogP contribution is 2.36. The molecule has 0 aromatic heterocycles. The third kappa shape index (κ3) is 2.76. The lowest BCUT2D eigenvalue weighted by molar-refractivity contribution is 0.0148. The zero-order valence-electron chi connectivity index (χ0n) is 12.0. The molecule has 102 valence electrons. The van der Waals surface area contributed by atoms with Gasteiger partial charge >= 0.3 is 0 Å². The average molecular weight is 253 g/mol. The number of ether oxygens (including phenoxy) is 2. The van der Waals surface area contributed by atoms with Gasteiger partial charge in [0.2, 0.25) is 0 Å². The number of rotatable bonds is 5. The third-order valence-corrected chi connectivity index (χ3v) is 3.55. The molecule has 0 fully saturated rings. The van der Waals surface area contributed by atoms with Crippen molar-refractivity contribution in [1.82, 2.24) is 4.90 Å². The lowest BCUT2D eigenvalue weighted by Gasteiger charge is -2.37. The van der Waals surface area contributed by atoms with Crippen LogP contribution in [0.5, 0.6) is 11.5 Å². The van der Waals surface area contributed by atoms with Crippen LogP contribution in [0.1, 0.15) is 25.5 Å². The van der Waals surface area contributed by atoms with Gasteiger partial charge in [-0.1, -0.05) is 0 Å². The molecule has 0 bridgehead atoms. The highest BCUT2D eigenvalue weighted by atomic mass is 16.5. The Hall–Kier alpha value is -1.26. The zero-order chi connectivity index (χ0) is 13.9. The standard InChI is InChI=1S/C14H23NO3/c1-14(2,15(3)4)13(16)11-9-10(17-5)7-8-12(11)18-6/h7-9,13,16H,1-6H3. The van der Waals surface area contributed by atoms with Gasteiger partial charge in [0.15, 0.2) is 0 Å². The molecule has 4 nitrogen and oxygen atoms in total. The van der Waals surface area contributed by atoms with Crippen molar-refractivity contribution in [2.45, 2.75) is 25.5 Å². The van der Waals surface area contributed by atoms with Crippen molar-refractivity contribution in [3.05, 3.63) is 23.8 Å². The molecule has 1 N–H and O–H groups in total. The molecule has 0 aliphatic carbocycles. The molecule has 18 heavy (non-hydrogen) atoms. The zero-order valence-corrected chi connectivity index (χ0v) is 12.0. The van der Waals surface area contributed by atoms with Crippen LogP contribution in [-0.2, 0) is 0 Å². The predicted octanol–water partition coefficient (Wildman–Crippen LogP) is 2.08. The van der Waals surface area contributed by atoms with Gasteiger partial charge in [0.05, 0.1) is 14.2 Å². The monoisotopic (exact) mass is 253 g/mol. The maximum atomic E-state index is 10.6. The molecule has 0 heterocycles. The summed E-state index contributed by atoms with van der Waals surface area (Å²) in [5.41, 5.74) is 0.329. The van der Waals surface area contributed by atoms with Crippen molar-refractivity contribution < 1.29 is 14.6 Å². The molecule has 0 spiro atoms. The van der Waals surface area contributed by atoms with Crippen LogP contribution in [-0.4, -0.2) is 43.9 Å². The fourth-order valence-corrected chi connectivity index (χ4v) is 1.68. The quantitative estimate of drug-likeness (QED) is 0.872. The molecule has 1 aromatic carbocycles. The number of benzene rings is 1. The topological polar surface area (TPSA) is 41.9 Å². The van der Waals surface area contributed by atoms with E-state index in [1.807, 2.05) is 51.0 Å². The Kier molecular flexibility index (Phi) is 4.59. The van der Waals surface area contributed by atoms with Crippen LogP contribution < -0.4 is 9.47 Å². The minimum absolute atomic E-state index is 0.403. The van der Waals surface area contributed by atoms with Crippen molar-refractivity contribution >= 4 is 0 Å². The second-order valence-corrected chi connectivity index (χ2v) is 5.06. The van der Waals surface area contributed by atoms with E-state index in [1.165, 1.54) is 0 Å². The predicted molar refractivity (Wildman–Crippen MR) is 72.3 cm³/mol. The van der Waals surface area contributed by atoms with E-state index in [-0.39, 0.29) is 0 Å². The molecular weight excluding hydrogens is 230 g/mol. The number of aliphatic hydroxyl groups is 1. The van der Waals surface area contributed by atoms with Crippen LogP contribution in [0.2, 0.25) is 0 Å². The van der Waals surface area contributed by atoms with Gasteiger partial charge in [-0.2, -0.15) is 0 Å². The fraction of sp³-hybridized carbons (Fsp3) is 0.571. The third-order valence-electron chi connectivity index (χ3n) is 3.55. The van der Waals surface area contributed by atoms with E-state index >= 15 is 0 Å². The summed E-state index contributed by atoms with van der Waals surface area (Å²) >= 11 is 0. The number of methoxy groups -OCH3 is 2. The maximum Gasteiger partial charge on any atom is 0.125 e. The second-order valence-electron chi connectivity index (χ2n) is 5.06. The highest BCUT2D eigenvalue weighted by molar-refractivity contribution is 5.42. The first-order valence-corrected chi connectivity index (χ1v) is 5.92. The summed E-state index contributed by atoms with van der Waals surface area (Å²) in [7, 11) is 7.08. The van der Waals surface area contributed by atoms with E-state index in [9.17, 15) is 5.11 Å². The van der Waals surface area contributed by atoms with Gasteiger partial charge in [0, 0.05) is 11.1 Å². The summed E-state index contributed by atoms with van der Waals surface area (Å²) in [6.07, 6.45) is -0.669. The summed E-state index contributed by atoms with van der Waals surface area (Å²) < 4.78 is 10.5.